The van der Waals surface area contributed by atoms with Crippen LogP contribution < -0.4 is 5.32 Å². The first-order valence-electron chi connectivity index (χ1n) is 7.38. The molecule has 0 spiro atoms. The van der Waals surface area contributed by atoms with E-state index >= 15 is 0 Å². The minimum absolute atomic E-state index is 0.0512. The van der Waals surface area contributed by atoms with Gasteiger partial charge in [0.1, 0.15) is 5.78 Å². The highest BCUT2D eigenvalue weighted by atomic mass is 16.1. The molecule has 0 aromatic rings. The van der Waals surface area contributed by atoms with Crippen LogP contribution in [0.2, 0.25) is 0 Å². The Morgan fingerprint density at radius 1 is 1.20 bits per heavy atom. The predicted molar refractivity (Wildman–Crippen MR) is 85.5 cm³/mol. The Balaban J connectivity index is 0. The van der Waals surface area contributed by atoms with Crippen molar-refractivity contribution in [1.82, 2.24) is 10.2 Å². The van der Waals surface area contributed by atoms with E-state index in [9.17, 15) is 9.59 Å². The first-order valence-corrected chi connectivity index (χ1v) is 7.38. The topological polar surface area (TPSA) is 49.4 Å². The molecule has 1 N–H and O–H groups in total. The van der Waals surface area contributed by atoms with Crippen LogP contribution in [0.1, 0.15) is 53.9 Å². The lowest BCUT2D eigenvalue weighted by atomic mass is 10.0. The van der Waals surface area contributed by atoms with Crippen LogP contribution in [0, 0.1) is 5.92 Å². The van der Waals surface area contributed by atoms with Crippen molar-refractivity contribution >= 4 is 11.7 Å². The lowest BCUT2D eigenvalue weighted by Crippen LogP contribution is -2.30. The van der Waals surface area contributed by atoms with E-state index in [0.29, 0.717) is 18.9 Å². The SMILES string of the molecule is C=C(C[C@H](C)N(C)C)NC(=O)CC[C@H](C)C(C)=O.CC. The molecule has 0 unspecified atom stereocenters. The van der Waals surface area contributed by atoms with E-state index in [2.05, 4.69) is 23.7 Å². The maximum absolute atomic E-state index is 11.6. The minimum atomic E-state index is -0.0564. The molecule has 0 aromatic heterocycles. The Morgan fingerprint density at radius 3 is 2.10 bits per heavy atom. The molecule has 0 aliphatic carbocycles. The summed E-state index contributed by atoms with van der Waals surface area (Å²) in [5, 5.41) is 2.79. The number of carbonyl (C=O) groups is 2. The molecule has 0 fully saturated rings. The predicted octanol–water partition coefficient (Wildman–Crippen LogP) is 2.99. The van der Waals surface area contributed by atoms with Crippen molar-refractivity contribution in [2.45, 2.75) is 59.9 Å². The van der Waals surface area contributed by atoms with Gasteiger partial charge in [-0.2, -0.15) is 0 Å². The summed E-state index contributed by atoms with van der Waals surface area (Å²) in [5.74, 6) is 0.0200. The molecule has 2 atom stereocenters. The number of carbonyl (C=O) groups excluding carboxylic acids is 2. The fourth-order valence-electron chi connectivity index (χ4n) is 1.40. The second-order valence-corrected chi connectivity index (χ2v) is 5.22. The second kappa shape index (κ2) is 11.6. The lowest BCUT2D eigenvalue weighted by Gasteiger charge is -2.21. The standard InChI is InChI=1S/C14H26N2O2.C2H6/c1-10(13(4)17)7-8-14(18)15-11(2)9-12(3)16(5)6;1-2/h10,12H,2,7-9H2,1,3-6H3,(H,15,18);1-2H3/t10-,12-;/m0./s1. The number of ketones is 1. The van der Waals surface area contributed by atoms with E-state index in [1.165, 1.54) is 0 Å². The molecule has 4 heteroatoms. The molecule has 0 heterocycles. The lowest BCUT2D eigenvalue weighted by molar-refractivity contribution is -0.122. The number of Topliss-reactive ketones (excluding diaryl/α,β-unsaturated/α-hetero) is 1. The van der Waals surface area contributed by atoms with Crippen molar-refractivity contribution in [3.8, 4) is 0 Å². The molecule has 0 saturated carbocycles. The molecule has 0 rings (SSSR count). The molecule has 20 heavy (non-hydrogen) atoms. The highest BCUT2D eigenvalue weighted by molar-refractivity contribution is 5.80. The zero-order valence-electron chi connectivity index (χ0n) is 14.2. The van der Waals surface area contributed by atoms with Gasteiger partial charge in [-0.1, -0.05) is 27.4 Å². The van der Waals surface area contributed by atoms with Crippen molar-refractivity contribution in [2.75, 3.05) is 14.1 Å². The highest BCUT2D eigenvalue weighted by Crippen LogP contribution is 2.08. The molecule has 0 aliphatic rings. The van der Waals surface area contributed by atoms with Gasteiger partial charge >= 0.3 is 0 Å². The van der Waals surface area contributed by atoms with Crippen molar-refractivity contribution < 1.29 is 9.59 Å². The van der Waals surface area contributed by atoms with E-state index in [1.54, 1.807) is 6.92 Å². The summed E-state index contributed by atoms with van der Waals surface area (Å²) in [6.45, 7) is 13.3. The van der Waals surface area contributed by atoms with Gasteiger partial charge in [-0.25, -0.2) is 0 Å². The van der Waals surface area contributed by atoms with E-state index in [1.807, 2.05) is 34.9 Å². The van der Waals surface area contributed by atoms with E-state index < -0.39 is 0 Å². The maximum Gasteiger partial charge on any atom is 0.224 e. The number of rotatable bonds is 8. The van der Waals surface area contributed by atoms with Gasteiger partial charge < -0.3 is 10.2 Å². The van der Waals surface area contributed by atoms with Crippen LogP contribution >= 0.6 is 0 Å². The van der Waals surface area contributed by atoms with Crippen LogP contribution in [0.3, 0.4) is 0 Å². The van der Waals surface area contributed by atoms with Crippen LogP contribution in [0.25, 0.3) is 0 Å². The Morgan fingerprint density at radius 2 is 1.70 bits per heavy atom. The number of amides is 1. The number of nitrogens with one attached hydrogen (secondary N) is 1. The van der Waals surface area contributed by atoms with Gasteiger partial charge in [0.25, 0.3) is 0 Å². The van der Waals surface area contributed by atoms with Crippen molar-refractivity contribution in [1.29, 1.82) is 0 Å². The van der Waals surface area contributed by atoms with Gasteiger partial charge in [0.05, 0.1) is 0 Å². The number of nitrogens with zero attached hydrogens (tertiary/aromatic N) is 1. The van der Waals surface area contributed by atoms with Crippen LogP contribution in [0.15, 0.2) is 12.3 Å². The summed E-state index contributed by atoms with van der Waals surface area (Å²) < 4.78 is 0. The zero-order chi connectivity index (χ0) is 16.3. The molecule has 4 nitrogen and oxygen atoms in total. The van der Waals surface area contributed by atoms with Gasteiger partial charge in [0, 0.05) is 30.5 Å². The summed E-state index contributed by atoms with van der Waals surface area (Å²) in [5.41, 5.74) is 0.733. The first-order chi connectivity index (χ1) is 9.23. The fraction of sp³-hybridized carbons (Fsp3) is 0.750. The van der Waals surface area contributed by atoms with E-state index in [0.717, 1.165) is 12.1 Å². The van der Waals surface area contributed by atoms with Crippen LogP contribution in [0.4, 0.5) is 0 Å². The largest absolute Gasteiger partial charge is 0.330 e. The summed E-state index contributed by atoms with van der Waals surface area (Å²) in [6.07, 6.45) is 1.70. The summed E-state index contributed by atoms with van der Waals surface area (Å²) in [7, 11) is 3.99. The molecular weight excluding hydrogens is 252 g/mol. The maximum atomic E-state index is 11.6. The van der Waals surface area contributed by atoms with Crippen LogP contribution in [0.5, 0.6) is 0 Å². The van der Waals surface area contributed by atoms with Gasteiger partial charge in [-0.15, -0.1) is 0 Å². The quantitative estimate of drug-likeness (QED) is 0.745. The molecule has 0 aromatic carbocycles. The van der Waals surface area contributed by atoms with Gasteiger partial charge in [0.15, 0.2) is 0 Å². The van der Waals surface area contributed by atoms with Gasteiger partial charge in [-0.3, -0.25) is 9.59 Å². The molecule has 118 valence electrons. The molecular formula is C16H32N2O2. The normalized spacial score (nSPS) is 13.0. The van der Waals surface area contributed by atoms with E-state index in [4.69, 9.17) is 0 Å². The summed E-state index contributed by atoms with van der Waals surface area (Å²) in [6, 6.07) is 0.342. The zero-order valence-corrected chi connectivity index (χ0v) is 14.2. The van der Waals surface area contributed by atoms with Crippen LogP contribution in [-0.2, 0) is 9.59 Å². The minimum Gasteiger partial charge on any atom is -0.330 e. The smallest absolute Gasteiger partial charge is 0.224 e. The molecule has 0 aliphatic heterocycles. The average molecular weight is 284 g/mol. The number of hydrogen-bond acceptors (Lipinski definition) is 3. The fourth-order valence-corrected chi connectivity index (χ4v) is 1.40. The van der Waals surface area contributed by atoms with E-state index in [-0.39, 0.29) is 17.6 Å². The van der Waals surface area contributed by atoms with Gasteiger partial charge in [-0.05, 0) is 34.4 Å². The Bertz CT molecular complexity index is 312. The monoisotopic (exact) mass is 284 g/mol. The third-order valence-electron chi connectivity index (χ3n) is 3.24. The average Bonchev–Trinajstić information content (AvgIpc) is 2.37. The first kappa shape index (κ1) is 21.1. The van der Waals surface area contributed by atoms with Crippen molar-refractivity contribution in [3.63, 3.8) is 0 Å². The third-order valence-corrected chi connectivity index (χ3v) is 3.24. The van der Waals surface area contributed by atoms with Crippen LogP contribution in [-0.4, -0.2) is 36.7 Å². The Kier molecular flexibility index (Phi) is 12.3. The highest BCUT2D eigenvalue weighted by Gasteiger charge is 2.12. The molecule has 1 amide bonds. The molecule has 0 radical (unpaired) electrons. The number of hydrogen-bond donors (Lipinski definition) is 1. The van der Waals surface area contributed by atoms with Crippen molar-refractivity contribution in [2.24, 2.45) is 5.92 Å². The molecule has 0 bridgehead atoms. The Hall–Kier alpha value is -1.16. The molecule has 0 saturated heterocycles. The Labute approximate surface area is 124 Å². The third kappa shape index (κ3) is 10.7. The van der Waals surface area contributed by atoms with Gasteiger partial charge in [0.2, 0.25) is 5.91 Å². The summed E-state index contributed by atoms with van der Waals surface area (Å²) in [4.78, 5) is 24.8. The summed E-state index contributed by atoms with van der Waals surface area (Å²) >= 11 is 0. The van der Waals surface area contributed by atoms with Crippen molar-refractivity contribution in [3.05, 3.63) is 12.3 Å². The second-order valence-electron chi connectivity index (χ2n) is 5.22.